The van der Waals surface area contributed by atoms with Crippen molar-refractivity contribution >= 4 is 5.57 Å². The molecule has 4 aromatic rings. The summed E-state index contributed by atoms with van der Waals surface area (Å²) >= 11 is 0. The Balaban J connectivity index is 1.80. The van der Waals surface area contributed by atoms with Crippen molar-refractivity contribution in [2.45, 2.75) is 25.9 Å². The average molecular weight is 419 g/mol. The average Bonchev–Trinajstić information content (AvgIpc) is 2.84. The summed E-state index contributed by atoms with van der Waals surface area (Å²) in [5.41, 5.74) is 3.97. The van der Waals surface area contributed by atoms with E-state index in [4.69, 9.17) is 0 Å². The number of benzene rings is 4. The smallest absolute Gasteiger partial charge is 0.115 e. The van der Waals surface area contributed by atoms with E-state index in [0.29, 0.717) is 6.42 Å². The van der Waals surface area contributed by atoms with Gasteiger partial charge in [0.05, 0.1) is 0 Å². The standard InChI is InChI=1S/C31H30O/c1-30(2,23-29(25-15-7-3-8-16-25)26-17-9-4-10-18-26)24-31(32,27-19-11-5-12-20-27)28-21-13-6-14-22-28/h3-23,32H,24H2,1-2H3. The molecule has 1 heteroatoms. The number of allylic oxidation sites excluding steroid dienone is 1. The highest BCUT2D eigenvalue weighted by Gasteiger charge is 2.37. The summed E-state index contributed by atoms with van der Waals surface area (Å²) in [5, 5.41) is 12.1. The first-order valence-corrected chi connectivity index (χ1v) is 11.2. The van der Waals surface area contributed by atoms with E-state index in [0.717, 1.165) is 11.1 Å². The lowest BCUT2D eigenvalue weighted by Gasteiger charge is -2.36. The molecule has 0 aliphatic heterocycles. The summed E-state index contributed by atoms with van der Waals surface area (Å²) in [7, 11) is 0. The zero-order valence-corrected chi connectivity index (χ0v) is 18.8. The Morgan fingerprint density at radius 3 is 1.31 bits per heavy atom. The van der Waals surface area contributed by atoms with Gasteiger partial charge in [0.25, 0.3) is 0 Å². The monoisotopic (exact) mass is 418 g/mol. The van der Waals surface area contributed by atoms with Gasteiger partial charge in [-0.1, -0.05) is 141 Å². The van der Waals surface area contributed by atoms with Crippen LogP contribution in [-0.4, -0.2) is 5.11 Å². The molecule has 0 amide bonds. The molecule has 0 aliphatic carbocycles. The molecule has 1 nitrogen and oxygen atoms in total. The van der Waals surface area contributed by atoms with Gasteiger partial charge in [-0.25, -0.2) is 0 Å². The Labute approximate surface area is 191 Å². The molecule has 32 heavy (non-hydrogen) atoms. The molecule has 0 saturated heterocycles. The predicted molar refractivity (Wildman–Crippen MR) is 134 cm³/mol. The molecule has 160 valence electrons. The molecule has 0 aromatic heterocycles. The van der Waals surface area contributed by atoms with Gasteiger partial charge in [0.1, 0.15) is 5.60 Å². The normalized spacial score (nSPS) is 11.7. The maximum atomic E-state index is 12.1. The number of rotatable bonds is 7. The van der Waals surface area contributed by atoms with Crippen LogP contribution in [-0.2, 0) is 5.60 Å². The second-order valence-corrected chi connectivity index (χ2v) is 9.05. The first-order chi connectivity index (χ1) is 15.5. The highest BCUT2D eigenvalue weighted by molar-refractivity contribution is 5.80. The van der Waals surface area contributed by atoms with Crippen LogP contribution in [0.4, 0.5) is 0 Å². The summed E-state index contributed by atoms with van der Waals surface area (Å²) in [5.74, 6) is 0. The first kappa shape index (κ1) is 21.8. The molecule has 0 aliphatic rings. The van der Waals surface area contributed by atoms with Gasteiger partial charge in [-0.2, -0.15) is 0 Å². The van der Waals surface area contributed by atoms with Gasteiger partial charge in [-0.05, 0) is 39.7 Å². The van der Waals surface area contributed by atoms with Gasteiger partial charge in [0, 0.05) is 0 Å². The summed E-state index contributed by atoms with van der Waals surface area (Å²) in [6.07, 6.45) is 2.87. The van der Waals surface area contributed by atoms with E-state index in [2.05, 4.69) is 68.5 Å². The fourth-order valence-electron chi connectivity index (χ4n) is 4.47. The molecule has 4 rings (SSSR count). The molecule has 0 atom stereocenters. The molecule has 4 aromatic carbocycles. The topological polar surface area (TPSA) is 20.2 Å². The van der Waals surface area contributed by atoms with E-state index in [1.165, 1.54) is 16.7 Å². The second kappa shape index (κ2) is 9.38. The Morgan fingerprint density at radius 2 is 0.938 bits per heavy atom. The lowest BCUT2D eigenvalue weighted by atomic mass is 9.72. The van der Waals surface area contributed by atoms with Crippen LogP contribution in [0.25, 0.3) is 5.57 Å². The molecular formula is C31H30O. The molecule has 0 radical (unpaired) electrons. The second-order valence-electron chi connectivity index (χ2n) is 9.05. The van der Waals surface area contributed by atoms with Gasteiger partial charge in [0.2, 0.25) is 0 Å². The largest absolute Gasteiger partial charge is 0.380 e. The third-order valence-corrected chi connectivity index (χ3v) is 5.92. The van der Waals surface area contributed by atoms with Crippen LogP contribution in [0.2, 0.25) is 0 Å². The van der Waals surface area contributed by atoms with E-state index < -0.39 is 5.60 Å². The van der Waals surface area contributed by atoms with Crippen molar-refractivity contribution in [3.8, 4) is 0 Å². The van der Waals surface area contributed by atoms with Crippen molar-refractivity contribution in [2.24, 2.45) is 5.41 Å². The van der Waals surface area contributed by atoms with Crippen LogP contribution in [0.15, 0.2) is 127 Å². The number of aliphatic hydroxyl groups is 1. The van der Waals surface area contributed by atoms with E-state index in [1.807, 2.05) is 72.8 Å². The van der Waals surface area contributed by atoms with E-state index in [1.54, 1.807) is 0 Å². The van der Waals surface area contributed by atoms with Gasteiger partial charge < -0.3 is 5.11 Å². The zero-order valence-electron chi connectivity index (χ0n) is 18.8. The fourth-order valence-corrected chi connectivity index (χ4v) is 4.47. The minimum Gasteiger partial charge on any atom is -0.380 e. The van der Waals surface area contributed by atoms with Crippen LogP contribution in [0.5, 0.6) is 0 Å². The van der Waals surface area contributed by atoms with E-state index >= 15 is 0 Å². The van der Waals surface area contributed by atoms with Crippen molar-refractivity contribution < 1.29 is 5.11 Å². The van der Waals surface area contributed by atoms with Crippen LogP contribution in [0, 0.1) is 5.41 Å². The summed E-state index contributed by atoms with van der Waals surface area (Å²) in [4.78, 5) is 0. The van der Waals surface area contributed by atoms with E-state index in [-0.39, 0.29) is 5.41 Å². The molecule has 0 spiro atoms. The van der Waals surface area contributed by atoms with E-state index in [9.17, 15) is 5.11 Å². The van der Waals surface area contributed by atoms with Gasteiger partial charge in [-0.15, -0.1) is 0 Å². The Hall–Kier alpha value is -3.42. The van der Waals surface area contributed by atoms with Crippen LogP contribution in [0.3, 0.4) is 0 Å². The number of hydrogen-bond acceptors (Lipinski definition) is 1. The third-order valence-electron chi connectivity index (χ3n) is 5.92. The van der Waals surface area contributed by atoms with Gasteiger partial charge in [-0.3, -0.25) is 0 Å². The predicted octanol–water partition coefficient (Wildman–Crippen LogP) is 7.47. The van der Waals surface area contributed by atoms with Crippen molar-refractivity contribution in [1.82, 2.24) is 0 Å². The molecule has 0 saturated carbocycles. The summed E-state index contributed by atoms with van der Waals surface area (Å²) in [6.45, 7) is 4.41. The molecule has 1 N–H and O–H groups in total. The minimum absolute atomic E-state index is 0.290. The first-order valence-electron chi connectivity index (χ1n) is 11.2. The fraction of sp³-hybridized carbons (Fsp3) is 0.161. The van der Waals surface area contributed by atoms with Crippen molar-refractivity contribution in [1.29, 1.82) is 0 Å². The molecule has 0 heterocycles. The molecule has 0 bridgehead atoms. The Kier molecular flexibility index (Phi) is 6.39. The van der Waals surface area contributed by atoms with Crippen LogP contribution < -0.4 is 0 Å². The van der Waals surface area contributed by atoms with Gasteiger partial charge in [0.15, 0.2) is 0 Å². The number of hydrogen-bond donors (Lipinski definition) is 1. The van der Waals surface area contributed by atoms with Crippen LogP contribution in [0.1, 0.15) is 42.5 Å². The highest BCUT2D eigenvalue weighted by atomic mass is 16.3. The zero-order chi connectivity index (χ0) is 22.4. The minimum atomic E-state index is -1.10. The maximum absolute atomic E-state index is 12.1. The van der Waals surface area contributed by atoms with Crippen LogP contribution >= 0.6 is 0 Å². The quantitative estimate of drug-likeness (QED) is 0.330. The SMILES string of the molecule is CC(C)(C=C(c1ccccc1)c1ccccc1)CC(O)(c1ccccc1)c1ccccc1. The summed E-state index contributed by atoms with van der Waals surface area (Å²) in [6, 6.07) is 41.0. The lowest BCUT2D eigenvalue weighted by Crippen LogP contribution is -2.33. The summed E-state index contributed by atoms with van der Waals surface area (Å²) < 4.78 is 0. The lowest BCUT2D eigenvalue weighted by molar-refractivity contribution is 0.0433. The molecule has 0 unspecified atom stereocenters. The van der Waals surface area contributed by atoms with Crippen molar-refractivity contribution in [2.75, 3.05) is 0 Å². The Morgan fingerprint density at radius 1 is 0.594 bits per heavy atom. The maximum Gasteiger partial charge on any atom is 0.115 e. The van der Waals surface area contributed by atoms with Crippen molar-refractivity contribution in [3.05, 3.63) is 150 Å². The molecular weight excluding hydrogens is 388 g/mol. The third kappa shape index (κ3) is 4.90. The van der Waals surface area contributed by atoms with Gasteiger partial charge >= 0.3 is 0 Å². The highest BCUT2D eigenvalue weighted by Crippen LogP contribution is 2.42. The molecule has 0 fully saturated rings. The van der Waals surface area contributed by atoms with Crippen molar-refractivity contribution in [3.63, 3.8) is 0 Å². The Bertz CT molecular complexity index is 1060.